The van der Waals surface area contributed by atoms with E-state index in [4.69, 9.17) is 4.74 Å². The Bertz CT molecular complexity index is 195. The molecule has 0 aliphatic carbocycles. The van der Waals surface area contributed by atoms with Gasteiger partial charge in [0.25, 0.3) is 5.24 Å². The third-order valence-electron chi connectivity index (χ3n) is 1.47. The molecular formula is C7H11NO3S. The van der Waals surface area contributed by atoms with E-state index in [2.05, 4.69) is 0 Å². The summed E-state index contributed by atoms with van der Waals surface area (Å²) in [6.07, 6.45) is 0. The van der Waals surface area contributed by atoms with Crippen molar-refractivity contribution in [1.82, 2.24) is 4.90 Å². The Labute approximate surface area is 75.2 Å². The van der Waals surface area contributed by atoms with E-state index >= 15 is 0 Å². The SMILES string of the molecule is CCOC(=O)CN1CCSC1=O. The van der Waals surface area contributed by atoms with Crippen molar-refractivity contribution >= 4 is 23.0 Å². The van der Waals surface area contributed by atoms with Crippen molar-refractivity contribution in [2.45, 2.75) is 6.92 Å². The topological polar surface area (TPSA) is 46.6 Å². The van der Waals surface area contributed by atoms with Gasteiger partial charge in [0.15, 0.2) is 0 Å². The molecule has 0 aromatic heterocycles. The third kappa shape index (κ3) is 2.41. The van der Waals surface area contributed by atoms with Crippen molar-refractivity contribution in [1.29, 1.82) is 0 Å². The van der Waals surface area contributed by atoms with Gasteiger partial charge in [-0.3, -0.25) is 9.59 Å². The zero-order chi connectivity index (χ0) is 8.97. The van der Waals surface area contributed by atoms with Crippen molar-refractivity contribution in [3.05, 3.63) is 0 Å². The number of ether oxygens (including phenoxy) is 1. The second-order valence-electron chi connectivity index (χ2n) is 2.34. The smallest absolute Gasteiger partial charge is 0.325 e. The van der Waals surface area contributed by atoms with Crippen LogP contribution >= 0.6 is 11.8 Å². The molecule has 0 radical (unpaired) electrons. The summed E-state index contributed by atoms with van der Waals surface area (Å²) < 4.78 is 4.71. The maximum atomic E-state index is 11.0. The number of carbonyl (C=O) groups excluding carboxylic acids is 2. The summed E-state index contributed by atoms with van der Waals surface area (Å²) in [5.74, 6) is 0.450. The minimum Gasteiger partial charge on any atom is -0.465 e. The molecule has 1 fully saturated rings. The van der Waals surface area contributed by atoms with E-state index in [-0.39, 0.29) is 17.8 Å². The minimum atomic E-state index is -0.326. The molecule has 0 unspecified atom stereocenters. The van der Waals surface area contributed by atoms with Gasteiger partial charge in [0.2, 0.25) is 0 Å². The number of rotatable bonds is 3. The second kappa shape index (κ2) is 4.35. The molecule has 12 heavy (non-hydrogen) atoms. The lowest BCUT2D eigenvalue weighted by atomic mass is 10.5. The van der Waals surface area contributed by atoms with Gasteiger partial charge >= 0.3 is 5.97 Å². The highest BCUT2D eigenvalue weighted by atomic mass is 32.2. The lowest BCUT2D eigenvalue weighted by Gasteiger charge is -2.12. The number of esters is 1. The molecule has 1 amide bonds. The Hall–Kier alpha value is -0.710. The van der Waals surface area contributed by atoms with Crippen LogP contribution in [0.3, 0.4) is 0 Å². The normalized spacial score (nSPS) is 16.8. The standard InChI is InChI=1S/C7H11NO3S/c1-2-11-6(9)5-8-3-4-12-7(8)10/h2-5H2,1H3. The van der Waals surface area contributed by atoms with Crippen molar-refractivity contribution < 1.29 is 14.3 Å². The quantitative estimate of drug-likeness (QED) is 0.614. The van der Waals surface area contributed by atoms with Gasteiger partial charge in [-0.2, -0.15) is 0 Å². The molecule has 0 aromatic carbocycles. The Morgan fingerprint density at radius 3 is 3.00 bits per heavy atom. The molecule has 5 heteroatoms. The van der Waals surface area contributed by atoms with Crippen molar-refractivity contribution in [3.63, 3.8) is 0 Å². The van der Waals surface area contributed by atoms with Gasteiger partial charge in [0, 0.05) is 12.3 Å². The Morgan fingerprint density at radius 2 is 2.50 bits per heavy atom. The van der Waals surface area contributed by atoms with E-state index in [1.165, 1.54) is 16.7 Å². The first-order valence-electron chi connectivity index (χ1n) is 3.81. The molecule has 0 spiro atoms. The van der Waals surface area contributed by atoms with E-state index in [1.807, 2.05) is 0 Å². The summed E-state index contributed by atoms with van der Waals surface area (Å²) in [4.78, 5) is 23.4. The first kappa shape index (κ1) is 9.38. The van der Waals surface area contributed by atoms with Crippen LogP contribution in [-0.2, 0) is 9.53 Å². The van der Waals surface area contributed by atoms with Crippen LogP contribution in [-0.4, -0.2) is 41.6 Å². The first-order chi connectivity index (χ1) is 5.74. The van der Waals surface area contributed by atoms with Gasteiger partial charge in [-0.05, 0) is 6.92 Å². The Balaban J connectivity index is 2.30. The zero-order valence-electron chi connectivity index (χ0n) is 6.91. The molecule has 1 aliphatic rings. The molecule has 0 atom stereocenters. The monoisotopic (exact) mass is 189 g/mol. The predicted molar refractivity (Wildman–Crippen MR) is 46.1 cm³/mol. The van der Waals surface area contributed by atoms with Crippen LogP contribution in [0.2, 0.25) is 0 Å². The van der Waals surface area contributed by atoms with Gasteiger partial charge in [-0.15, -0.1) is 0 Å². The highest BCUT2D eigenvalue weighted by Crippen LogP contribution is 2.16. The molecule has 1 saturated heterocycles. The highest BCUT2D eigenvalue weighted by Gasteiger charge is 2.23. The summed E-state index contributed by atoms with van der Waals surface area (Å²) in [6.45, 7) is 2.87. The minimum absolute atomic E-state index is 0.0250. The number of nitrogens with zero attached hydrogens (tertiary/aromatic N) is 1. The lowest BCUT2D eigenvalue weighted by molar-refractivity contribution is -0.143. The van der Waals surface area contributed by atoms with Crippen molar-refractivity contribution in [3.8, 4) is 0 Å². The Morgan fingerprint density at radius 1 is 1.75 bits per heavy atom. The molecule has 68 valence electrons. The molecule has 0 aromatic rings. The van der Waals surface area contributed by atoms with Gasteiger partial charge in [-0.1, -0.05) is 11.8 Å². The van der Waals surface area contributed by atoms with Gasteiger partial charge in [0.1, 0.15) is 6.54 Å². The predicted octanol–water partition coefficient (Wildman–Crippen LogP) is 0.718. The van der Waals surface area contributed by atoms with Crippen LogP contribution in [0, 0.1) is 0 Å². The largest absolute Gasteiger partial charge is 0.465 e. The van der Waals surface area contributed by atoms with E-state index in [1.54, 1.807) is 6.92 Å². The molecule has 0 N–H and O–H groups in total. The zero-order valence-corrected chi connectivity index (χ0v) is 7.73. The van der Waals surface area contributed by atoms with Crippen molar-refractivity contribution in [2.24, 2.45) is 0 Å². The van der Waals surface area contributed by atoms with Gasteiger partial charge < -0.3 is 9.64 Å². The van der Waals surface area contributed by atoms with Crippen molar-refractivity contribution in [2.75, 3.05) is 25.4 Å². The van der Waals surface area contributed by atoms with Crippen LogP contribution in [0.15, 0.2) is 0 Å². The maximum absolute atomic E-state index is 11.0. The van der Waals surface area contributed by atoms with Gasteiger partial charge in [0.05, 0.1) is 6.61 Å². The van der Waals surface area contributed by atoms with E-state index in [9.17, 15) is 9.59 Å². The molecular weight excluding hydrogens is 178 g/mol. The Kier molecular flexibility index (Phi) is 3.40. The molecule has 0 saturated carbocycles. The highest BCUT2D eigenvalue weighted by molar-refractivity contribution is 8.13. The van der Waals surface area contributed by atoms with Crippen LogP contribution in [0.5, 0.6) is 0 Å². The number of amides is 1. The maximum Gasteiger partial charge on any atom is 0.325 e. The average molecular weight is 189 g/mol. The fourth-order valence-electron chi connectivity index (χ4n) is 0.932. The van der Waals surface area contributed by atoms with E-state index in [0.29, 0.717) is 13.2 Å². The average Bonchev–Trinajstić information content (AvgIpc) is 2.37. The lowest BCUT2D eigenvalue weighted by Crippen LogP contribution is -2.30. The first-order valence-corrected chi connectivity index (χ1v) is 4.80. The number of hydrogen-bond acceptors (Lipinski definition) is 4. The number of thioether (sulfide) groups is 1. The number of carbonyl (C=O) groups is 2. The second-order valence-corrected chi connectivity index (χ2v) is 3.39. The molecule has 4 nitrogen and oxygen atoms in total. The van der Waals surface area contributed by atoms with E-state index in [0.717, 1.165) is 5.75 Å². The van der Waals surface area contributed by atoms with E-state index < -0.39 is 0 Å². The summed E-state index contributed by atoms with van der Waals surface area (Å²) in [5, 5.41) is -0.0250. The molecule has 0 bridgehead atoms. The molecule has 1 heterocycles. The summed E-state index contributed by atoms with van der Waals surface area (Å²) in [6, 6.07) is 0. The molecule has 1 rings (SSSR count). The fraction of sp³-hybridized carbons (Fsp3) is 0.714. The van der Waals surface area contributed by atoms with Crippen LogP contribution in [0.1, 0.15) is 6.92 Å². The molecule has 1 aliphatic heterocycles. The summed E-state index contributed by atoms with van der Waals surface area (Å²) in [5.41, 5.74) is 0. The van der Waals surface area contributed by atoms with Crippen LogP contribution in [0.25, 0.3) is 0 Å². The van der Waals surface area contributed by atoms with Crippen LogP contribution in [0.4, 0.5) is 4.79 Å². The van der Waals surface area contributed by atoms with Crippen LogP contribution < -0.4 is 0 Å². The third-order valence-corrected chi connectivity index (χ3v) is 2.36. The number of hydrogen-bond donors (Lipinski definition) is 0. The van der Waals surface area contributed by atoms with Gasteiger partial charge in [-0.25, -0.2) is 0 Å². The fourth-order valence-corrected chi connectivity index (χ4v) is 1.76. The summed E-state index contributed by atoms with van der Waals surface area (Å²) in [7, 11) is 0. The summed E-state index contributed by atoms with van der Waals surface area (Å²) >= 11 is 1.24.